The van der Waals surface area contributed by atoms with Crippen LogP contribution in [0.2, 0.25) is 0 Å². The minimum absolute atomic E-state index is 0.0187. The molecule has 142 valence electrons. The average molecular weight is 368 g/mol. The summed E-state index contributed by atoms with van der Waals surface area (Å²) >= 11 is -1.56. The van der Waals surface area contributed by atoms with Crippen molar-refractivity contribution < 1.29 is 22.9 Å². The van der Waals surface area contributed by atoms with Crippen LogP contribution in [0.3, 0.4) is 0 Å². The van der Waals surface area contributed by atoms with E-state index < -0.39 is 46.2 Å². The van der Waals surface area contributed by atoms with Gasteiger partial charge in [-0.3, -0.25) is 0 Å². The molecule has 1 amide bonds. The number of hydrogen-bond donors (Lipinski definition) is 1. The summed E-state index contributed by atoms with van der Waals surface area (Å²) in [6, 6.07) is -1.15. The third kappa shape index (κ3) is 6.04. The van der Waals surface area contributed by atoms with Crippen molar-refractivity contribution in [1.29, 1.82) is 0 Å². The first-order valence-electron chi connectivity index (χ1n) is 8.19. The van der Waals surface area contributed by atoms with Crippen molar-refractivity contribution in [3.63, 3.8) is 0 Å². The number of carbonyl (C=O) groups excluding carboxylic acids is 1. The summed E-state index contributed by atoms with van der Waals surface area (Å²) < 4.78 is 47.9. The minimum atomic E-state index is -1.84. The Morgan fingerprint density at radius 2 is 1.79 bits per heavy atom. The molecule has 5 nitrogen and oxygen atoms in total. The van der Waals surface area contributed by atoms with Gasteiger partial charge in [0.15, 0.2) is 0 Å². The summed E-state index contributed by atoms with van der Waals surface area (Å²) in [5.41, 5.74) is -2.46. The largest absolute Gasteiger partial charge is 0.598 e. The zero-order valence-corrected chi connectivity index (χ0v) is 16.3. The molecule has 0 aromatic heterocycles. The van der Waals surface area contributed by atoms with Crippen LogP contribution in [0.15, 0.2) is 0 Å². The van der Waals surface area contributed by atoms with E-state index in [9.17, 15) is 13.7 Å². The normalized spacial score (nSPS) is 21.3. The van der Waals surface area contributed by atoms with Gasteiger partial charge in [-0.15, -0.1) is 4.72 Å². The SMILES string of the molecule is CC(C)(C)OC(=O)N1CCC(F)(C(CF)N[S@@+]([O-])C(C)(C)C)CC1. The fourth-order valence-electron chi connectivity index (χ4n) is 2.32. The standard InChI is InChI=1S/C16H30F2N2O3S/c1-14(2,3)23-13(21)20-9-7-16(18,8-10-20)12(11-17)19-24(22)15(4,5)6/h12,19H,7-11H2,1-6H3/t12?,24-/m0/s1. The number of nitrogens with one attached hydrogen (secondary N) is 1. The van der Waals surface area contributed by atoms with Gasteiger partial charge >= 0.3 is 6.09 Å². The Labute approximate surface area is 146 Å². The van der Waals surface area contributed by atoms with Crippen molar-refractivity contribution in [2.75, 3.05) is 19.8 Å². The minimum Gasteiger partial charge on any atom is -0.598 e. The van der Waals surface area contributed by atoms with Gasteiger partial charge in [0.25, 0.3) is 0 Å². The molecule has 1 saturated heterocycles. The van der Waals surface area contributed by atoms with E-state index in [-0.39, 0.29) is 25.9 Å². The molecule has 1 heterocycles. The van der Waals surface area contributed by atoms with Crippen LogP contribution in [0.25, 0.3) is 0 Å². The zero-order chi connectivity index (χ0) is 18.8. The highest BCUT2D eigenvalue weighted by Gasteiger charge is 2.46. The Kier molecular flexibility index (Phi) is 6.92. The number of likely N-dealkylation sites (tertiary alicyclic amines) is 1. The number of ether oxygens (including phenoxy) is 1. The van der Waals surface area contributed by atoms with E-state index in [4.69, 9.17) is 4.74 Å². The van der Waals surface area contributed by atoms with E-state index in [1.165, 1.54) is 4.90 Å². The summed E-state index contributed by atoms with van der Waals surface area (Å²) in [6.45, 7) is 9.84. The maximum atomic E-state index is 15.1. The smallest absolute Gasteiger partial charge is 0.410 e. The first-order valence-corrected chi connectivity index (χ1v) is 9.34. The van der Waals surface area contributed by atoms with Crippen molar-refractivity contribution in [2.24, 2.45) is 0 Å². The molecule has 1 N–H and O–H groups in total. The summed E-state index contributed by atoms with van der Waals surface area (Å²) in [6.07, 6.45) is -0.530. The van der Waals surface area contributed by atoms with Crippen molar-refractivity contribution in [3.8, 4) is 0 Å². The van der Waals surface area contributed by atoms with Crippen LogP contribution in [0.4, 0.5) is 13.6 Å². The van der Waals surface area contributed by atoms with E-state index in [0.717, 1.165) is 0 Å². The molecule has 0 aromatic rings. The topological polar surface area (TPSA) is 64.6 Å². The predicted molar refractivity (Wildman–Crippen MR) is 91.7 cm³/mol. The number of hydrogen-bond acceptors (Lipinski definition) is 4. The molecule has 0 aromatic carbocycles. The van der Waals surface area contributed by atoms with Crippen LogP contribution >= 0.6 is 0 Å². The maximum absolute atomic E-state index is 15.1. The summed E-state index contributed by atoms with van der Waals surface area (Å²) in [5.74, 6) is 0. The van der Waals surface area contributed by atoms with Gasteiger partial charge in [0.2, 0.25) is 0 Å². The van der Waals surface area contributed by atoms with Crippen LogP contribution < -0.4 is 4.72 Å². The van der Waals surface area contributed by atoms with E-state index in [2.05, 4.69) is 4.72 Å². The number of halogens is 2. The van der Waals surface area contributed by atoms with Crippen LogP contribution in [0, 0.1) is 0 Å². The van der Waals surface area contributed by atoms with E-state index in [0.29, 0.717) is 0 Å². The Hall–Kier alpha value is -0.600. The van der Waals surface area contributed by atoms with E-state index in [1.807, 2.05) is 0 Å². The van der Waals surface area contributed by atoms with Gasteiger partial charge < -0.3 is 14.2 Å². The van der Waals surface area contributed by atoms with Crippen LogP contribution in [0.1, 0.15) is 54.4 Å². The molecule has 1 fully saturated rings. The molecule has 0 bridgehead atoms. The van der Waals surface area contributed by atoms with Crippen LogP contribution in [-0.4, -0.2) is 57.4 Å². The Morgan fingerprint density at radius 3 is 2.17 bits per heavy atom. The lowest BCUT2D eigenvalue weighted by atomic mass is 9.87. The predicted octanol–water partition coefficient (Wildman–Crippen LogP) is 3.12. The van der Waals surface area contributed by atoms with Gasteiger partial charge in [-0.1, -0.05) is 0 Å². The van der Waals surface area contributed by atoms with Crippen molar-refractivity contribution in [2.45, 2.75) is 76.4 Å². The lowest BCUT2D eigenvalue weighted by Crippen LogP contribution is -2.59. The molecule has 1 unspecified atom stereocenters. The first kappa shape index (κ1) is 21.4. The Morgan fingerprint density at radius 1 is 1.29 bits per heavy atom. The highest BCUT2D eigenvalue weighted by Crippen LogP contribution is 2.32. The fraction of sp³-hybridized carbons (Fsp3) is 0.938. The molecular formula is C16H30F2N2O3S. The van der Waals surface area contributed by atoms with Crippen LogP contribution in [-0.2, 0) is 16.1 Å². The zero-order valence-electron chi connectivity index (χ0n) is 15.4. The highest BCUT2D eigenvalue weighted by molar-refractivity contribution is 7.90. The highest BCUT2D eigenvalue weighted by atomic mass is 32.2. The third-order valence-corrected chi connectivity index (χ3v) is 5.44. The molecule has 0 spiro atoms. The number of piperidine rings is 1. The quantitative estimate of drug-likeness (QED) is 0.775. The number of rotatable bonds is 4. The second-order valence-electron chi connectivity index (χ2n) is 8.21. The number of alkyl halides is 2. The molecule has 1 aliphatic heterocycles. The summed E-state index contributed by atoms with van der Waals surface area (Å²) in [4.78, 5) is 13.4. The lowest BCUT2D eigenvalue weighted by molar-refractivity contribution is -0.00701. The Bertz CT molecular complexity index is 430. The van der Waals surface area contributed by atoms with Gasteiger partial charge in [0.1, 0.15) is 28.7 Å². The number of nitrogens with zero attached hydrogens (tertiary/aromatic N) is 1. The molecule has 0 radical (unpaired) electrons. The lowest BCUT2D eigenvalue weighted by Gasteiger charge is -2.41. The van der Waals surface area contributed by atoms with Gasteiger partial charge in [0, 0.05) is 37.3 Å². The molecule has 1 aliphatic rings. The molecular weight excluding hydrogens is 338 g/mol. The summed E-state index contributed by atoms with van der Waals surface area (Å²) in [7, 11) is 0. The Balaban J connectivity index is 2.66. The van der Waals surface area contributed by atoms with Gasteiger partial charge in [-0.05, 0) is 41.5 Å². The van der Waals surface area contributed by atoms with Gasteiger partial charge in [0.05, 0.1) is 0 Å². The van der Waals surface area contributed by atoms with Crippen molar-refractivity contribution in [3.05, 3.63) is 0 Å². The van der Waals surface area contributed by atoms with E-state index in [1.54, 1.807) is 41.5 Å². The second-order valence-corrected chi connectivity index (χ2v) is 10.2. The van der Waals surface area contributed by atoms with Crippen molar-refractivity contribution in [1.82, 2.24) is 9.62 Å². The average Bonchev–Trinajstić information content (AvgIpc) is 2.41. The fourth-order valence-corrected chi connectivity index (χ4v) is 3.20. The second kappa shape index (κ2) is 7.74. The van der Waals surface area contributed by atoms with E-state index >= 15 is 4.39 Å². The summed E-state index contributed by atoms with van der Waals surface area (Å²) in [5, 5.41) is 0. The third-order valence-electron chi connectivity index (χ3n) is 3.83. The van der Waals surface area contributed by atoms with Gasteiger partial charge in [-0.25, -0.2) is 13.6 Å². The molecule has 0 aliphatic carbocycles. The molecule has 24 heavy (non-hydrogen) atoms. The molecule has 2 atom stereocenters. The van der Waals surface area contributed by atoms with Crippen molar-refractivity contribution >= 4 is 17.5 Å². The number of amides is 1. The number of carbonyl (C=O) groups is 1. The van der Waals surface area contributed by atoms with Gasteiger partial charge in [-0.2, -0.15) is 0 Å². The maximum Gasteiger partial charge on any atom is 0.410 e. The van der Waals surface area contributed by atoms with Crippen LogP contribution in [0.5, 0.6) is 0 Å². The molecule has 1 rings (SSSR count). The monoisotopic (exact) mass is 368 g/mol. The molecule has 0 saturated carbocycles. The molecule has 8 heteroatoms. The first-order chi connectivity index (χ1) is 10.8.